The molecule has 1 heteroatoms. The van der Waals surface area contributed by atoms with E-state index < -0.39 is 0 Å². The van der Waals surface area contributed by atoms with Gasteiger partial charge in [0.05, 0.1) is 0 Å². The molecule has 0 aromatic carbocycles. The van der Waals surface area contributed by atoms with Gasteiger partial charge in [0, 0.05) is 12.1 Å². The maximum absolute atomic E-state index is 3.69. The molecule has 10 heavy (non-hydrogen) atoms. The monoisotopic (exact) mass is 139 g/mol. The first-order valence-electron chi connectivity index (χ1n) is 4.53. The number of rotatable bonds is 1. The van der Waals surface area contributed by atoms with Crippen LogP contribution >= 0.6 is 0 Å². The molecule has 0 amide bonds. The van der Waals surface area contributed by atoms with Crippen LogP contribution in [-0.2, 0) is 0 Å². The average Bonchev–Trinajstić information content (AvgIpc) is 2.44. The summed E-state index contributed by atoms with van der Waals surface area (Å²) in [4.78, 5) is 0. The Morgan fingerprint density at radius 2 is 2.10 bits per heavy atom. The van der Waals surface area contributed by atoms with Gasteiger partial charge in [0.15, 0.2) is 0 Å². The molecule has 0 aromatic rings. The van der Waals surface area contributed by atoms with Crippen LogP contribution in [0.4, 0.5) is 0 Å². The van der Waals surface area contributed by atoms with Gasteiger partial charge in [0.25, 0.3) is 0 Å². The minimum Gasteiger partial charge on any atom is -0.311 e. The number of fused-ring (bicyclic) bond motifs is 2. The lowest BCUT2D eigenvalue weighted by molar-refractivity contribution is 0.307. The Kier molecular flexibility index (Phi) is 1.48. The predicted molar refractivity (Wildman–Crippen MR) is 42.9 cm³/mol. The Morgan fingerprint density at radius 1 is 1.30 bits per heavy atom. The van der Waals surface area contributed by atoms with Crippen molar-refractivity contribution in [3.63, 3.8) is 0 Å². The molecule has 1 nitrogen and oxygen atoms in total. The number of nitrogens with one attached hydrogen (secondary N) is 1. The van der Waals surface area contributed by atoms with Crippen molar-refractivity contribution in [3.8, 4) is 0 Å². The summed E-state index contributed by atoms with van der Waals surface area (Å²) in [6.45, 7) is 4.66. The molecule has 3 atom stereocenters. The molecule has 0 spiro atoms. The van der Waals surface area contributed by atoms with Gasteiger partial charge in [-0.3, -0.25) is 0 Å². The zero-order valence-corrected chi connectivity index (χ0v) is 6.93. The zero-order chi connectivity index (χ0) is 7.14. The standard InChI is InChI=1S/C9H17N/c1-6(2)9-7-3-4-8(5-7)10-9/h6-10H,3-5H2,1-2H3/t7-,8+,9+/m0/s1. The lowest BCUT2D eigenvalue weighted by atomic mass is 9.91. The van der Waals surface area contributed by atoms with Gasteiger partial charge in [0.1, 0.15) is 0 Å². The highest BCUT2D eigenvalue weighted by Gasteiger charge is 2.39. The van der Waals surface area contributed by atoms with E-state index in [2.05, 4.69) is 19.2 Å². The molecule has 0 aromatic heterocycles. The quantitative estimate of drug-likeness (QED) is 0.584. The summed E-state index contributed by atoms with van der Waals surface area (Å²) >= 11 is 0. The van der Waals surface area contributed by atoms with Gasteiger partial charge in [-0.2, -0.15) is 0 Å². The molecule has 1 saturated heterocycles. The van der Waals surface area contributed by atoms with E-state index >= 15 is 0 Å². The fraction of sp³-hybridized carbons (Fsp3) is 1.00. The lowest BCUT2D eigenvalue weighted by Crippen LogP contribution is -2.39. The summed E-state index contributed by atoms with van der Waals surface area (Å²) in [6.07, 6.45) is 4.39. The van der Waals surface area contributed by atoms with Crippen LogP contribution in [0.15, 0.2) is 0 Å². The highest BCUT2D eigenvalue weighted by Crippen LogP contribution is 2.37. The Bertz CT molecular complexity index is 131. The maximum Gasteiger partial charge on any atom is 0.0121 e. The van der Waals surface area contributed by atoms with Gasteiger partial charge < -0.3 is 5.32 Å². The van der Waals surface area contributed by atoms with E-state index in [-0.39, 0.29) is 0 Å². The molecular weight excluding hydrogens is 122 g/mol. The molecule has 1 N–H and O–H groups in total. The van der Waals surface area contributed by atoms with Crippen molar-refractivity contribution in [2.75, 3.05) is 0 Å². The fourth-order valence-corrected chi connectivity index (χ4v) is 2.64. The van der Waals surface area contributed by atoms with E-state index in [1.165, 1.54) is 19.3 Å². The van der Waals surface area contributed by atoms with Crippen LogP contribution < -0.4 is 5.32 Å². The third kappa shape index (κ3) is 0.878. The third-order valence-corrected chi connectivity index (χ3v) is 3.13. The number of piperidine rings is 1. The molecule has 2 fully saturated rings. The van der Waals surface area contributed by atoms with E-state index in [9.17, 15) is 0 Å². The van der Waals surface area contributed by atoms with Crippen LogP contribution in [0.25, 0.3) is 0 Å². The Hall–Kier alpha value is -0.0400. The van der Waals surface area contributed by atoms with E-state index in [4.69, 9.17) is 0 Å². The molecular formula is C9H17N. The summed E-state index contributed by atoms with van der Waals surface area (Å²) in [5.74, 6) is 1.86. The Morgan fingerprint density at radius 3 is 2.40 bits per heavy atom. The molecule has 1 aliphatic heterocycles. The van der Waals surface area contributed by atoms with Crippen LogP contribution in [0.5, 0.6) is 0 Å². The van der Waals surface area contributed by atoms with Crippen molar-refractivity contribution in [1.82, 2.24) is 5.32 Å². The summed E-state index contributed by atoms with van der Waals surface area (Å²) in [6, 6.07) is 1.73. The van der Waals surface area contributed by atoms with Gasteiger partial charge in [-0.15, -0.1) is 0 Å². The topological polar surface area (TPSA) is 12.0 Å². The summed E-state index contributed by atoms with van der Waals surface area (Å²) < 4.78 is 0. The molecule has 2 bridgehead atoms. The summed E-state index contributed by atoms with van der Waals surface area (Å²) in [5.41, 5.74) is 0. The maximum atomic E-state index is 3.69. The zero-order valence-electron chi connectivity index (χ0n) is 6.93. The Labute approximate surface area is 63.2 Å². The Balaban J connectivity index is 2.02. The van der Waals surface area contributed by atoms with Gasteiger partial charge in [-0.25, -0.2) is 0 Å². The van der Waals surface area contributed by atoms with Crippen molar-refractivity contribution in [1.29, 1.82) is 0 Å². The van der Waals surface area contributed by atoms with E-state index in [1.807, 2.05) is 0 Å². The smallest absolute Gasteiger partial charge is 0.0121 e. The molecule has 2 aliphatic rings. The minimum atomic E-state index is 0.843. The first-order chi connectivity index (χ1) is 4.77. The normalized spacial score (nSPS) is 45.3. The molecule has 0 unspecified atom stereocenters. The van der Waals surface area contributed by atoms with Crippen LogP contribution in [0.2, 0.25) is 0 Å². The van der Waals surface area contributed by atoms with Gasteiger partial charge in [-0.1, -0.05) is 13.8 Å². The molecule has 1 heterocycles. The third-order valence-electron chi connectivity index (χ3n) is 3.13. The molecule has 58 valence electrons. The lowest BCUT2D eigenvalue weighted by Gasteiger charge is -2.26. The molecule has 0 radical (unpaired) electrons. The minimum absolute atomic E-state index is 0.843. The fourth-order valence-electron chi connectivity index (χ4n) is 2.64. The van der Waals surface area contributed by atoms with Crippen molar-refractivity contribution >= 4 is 0 Å². The van der Waals surface area contributed by atoms with Crippen LogP contribution in [0.3, 0.4) is 0 Å². The SMILES string of the molecule is CC(C)[C@H]1N[C@@H]2CC[C@H]1C2. The highest BCUT2D eigenvalue weighted by molar-refractivity contribution is 4.97. The summed E-state index contributed by atoms with van der Waals surface area (Å²) in [5, 5.41) is 3.69. The second-order valence-electron chi connectivity index (χ2n) is 4.21. The van der Waals surface area contributed by atoms with Gasteiger partial charge in [-0.05, 0) is 31.1 Å². The predicted octanol–water partition coefficient (Wildman–Crippen LogP) is 1.78. The molecule has 1 aliphatic carbocycles. The second-order valence-corrected chi connectivity index (χ2v) is 4.21. The van der Waals surface area contributed by atoms with Crippen molar-refractivity contribution in [2.24, 2.45) is 11.8 Å². The average molecular weight is 139 g/mol. The van der Waals surface area contributed by atoms with E-state index in [1.54, 1.807) is 0 Å². The van der Waals surface area contributed by atoms with Gasteiger partial charge in [0.2, 0.25) is 0 Å². The van der Waals surface area contributed by atoms with Crippen LogP contribution in [-0.4, -0.2) is 12.1 Å². The summed E-state index contributed by atoms with van der Waals surface area (Å²) in [7, 11) is 0. The van der Waals surface area contributed by atoms with Crippen molar-refractivity contribution in [3.05, 3.63) is 0 Å². The second kappa shape index (κ2) is 2.23. The largest absolute Gasteiger partial charge is 0.311 e. The van der Waals surface area contributed by atoms with Crippen molar-refractivity contribution < 1.29 is 0 Å². The van der Waals surface area contributed by atoms with Crippen LogP contribution in [0, 0.1) is 11.8 Å². The van der Waals surface area contributed by atoms with Crippen molar-refractivity contribution in [2.45, 2.75) is 45.2 Å². The molecule has 1 saturated carbocycles. The first-order valence-corrected chi connectivity index (χ1v) is 4.53. The number of hydrogen-bond donors (Lipinski definition) is 1. The van der Waals surface area contributed by atoms with Gasteiger partial charge >= 0.3 is 0 Å². The van der Waals surface area contributed by atoms with E-state index in [0.717, 1.165) is 23.9 Å². The number of hydrogen-bond acceptors (Lipinski definition) is 1. The highest BCUT2D eigenvalue weighted by atomic mass is 15.0. The van der Waals surface area contributed by atoms with Crippen LogP contribution in [0.1, 0.15) is 33.1 Å². The molecule has 2 rings (SSSR count). The van der Waals surface area contributed by atoms with E-state index in [0.29, 0.717) is 0 Å². The first kappa shape index (κ1) is 6.66.